The summed E-state index contributed by atoms with van der Waals surface area (Å²) in [5.41, 5.74) is 0.430. The maximum atomic E-state index is 10.9. The van der Waals surface area contributed by atoms with Crippen molar-refractivity contribution >= 4 is 44.7 Å². The van der Waals surface area contributed by atoms with Crippen LogP contribution >= 0.6 is 23.2 Å². The van der Waals surface area contributed by atoms with Crippen molar-refractivity contribution in [2.75, 3.05) is 0 Å². The zero-order valence-electron chi connectivity index (χ0n) is 7.78. The lowest BCUT2D eigenvalue weighted by Gasteiger charge is -1.99. The zero-order chi connectivity index (χ0) is 11.7. The topological polar surface area (TPSA) is 59.9 Å². The van der Waals surface area contributed by atoms with Crippen LogP contribution in [-0.2, 0) is 0 Å². The van der Waals surface area contributed by atoms with Crippen LogP contribution in [-0.4, -0.2) is 20.5 Å². The van der Waals surface area contributed by atoms with Gasteiger partial charge < -0.3 is 0 Å². The normalized spacial score (nSPS) is 10.4. The number of carbonyl (C=O) groups is 2. The molecule has 0 aliphatic rings. The first-order chi connectivity index (χ1) is 7.58. The van der Waals surface area contributed by atoms with Crippen LogP contribution in [0.3, 0.4) is 0 Å². The second-order valence-corrected chi connectivity index (χ2v) is 3.67. The van der Waals surface area contributed by atoms with Crippen molar-refractivity contribution in [2.45, 2.75) is 0 Å². The van der Waals surface area contributed by atoms with Gasteiger partial charge >= 0.3 is 0 Å². The molecule has 16 heavy (non-hydrogen) atoms. The predicted molar refractivity (Wildman–Crippen MR) is 59.9 cm³/mol. The molecule has 80 valence electrons. The van der Waals surface area contributed by atoms with E-state index in [1.165, 1.54) is 12.1 Å². The Kier molecular flexibility index (Phi) is 2.85. The van der Waals surface area contributed by atoms with E-state index in [1.807, 2.05) is 0 Å². The van der Waals surface area contributed by atoms with Crippen molar-refractivity contribution in [3.63, 3.8) is 0 Å². The number of hydrogen-bond acceptors (Lipinski definition) is 4. The van der Waals surface area contributed by atoms with E-state index < -0.39 is 10.5 Å². The molecule has 0 amide bonds. The van der Waals surface area contributed by atoms with Gasteiger partial charge in [0.1, 0.15) is 11.4 Å². The number of pyridine rings is 2. The average Bonchev–Trinajstić information content (AvgIpc) is 2.27. The van der Waals surface area contributed by atoms with Crippen LogP contribution < -0.4 is 0 Å². The lowest BCUT2D eigenvalue weighted by Crippen LogP contribution is -1.99. The summed E-state index contributed by atoms with van der Waals surface area (Å²) in [6.07, 6.45) is 0. The van der Waals surface area contributed by atoms with Crippen LogP contribution in [0.2, 0.25) is 0 Å². The Hall–Kier alpha value is -1.52. The number of nitrogens with zero attached hydrogens (tertiary/aromatic N) is 2. The quantitative estimate of drug-likeness (QED) is 0.773. The van der Waals surface area contributed by atoms with Gasteiger partial charge in [-0.3, -0.25) is 9.59 Å². The Morgan fingerprint density at radius 1 is 0.875 bits per heavy atom. The maximum Gasteiger partial charge on any atom is 0.270 e. The summed E-state index contributed by atoms with van der Waals surface area (Å²) in [5.74, 6) is 0. The van der Waals surface area contributed by atoms with Gasteiger partial charge in [0.25, 0.3) is 10.5 Å². The van der Waals surface area contributed by atoms with Crippen molar-refractivity contribution in [3.8, 4) is 0 Å². The highest BCUT2D eigenvalue weighted by atomic mass is 35.5. The first-order valence-corrected chi connectivity index (χ1v) is 5.01. The van der Waals surface area contributed by atoms with Gasteiger partial charge in [0, 0.05) is 5.39 Å². The van der Waals surface area contributed by atoms with Crippen LogP contribution in [0.25, 0.3) is 11.0 Å². The average molecular weight is 255 g/mol. The minimum atomic E-state index is -0.675. The highest BCUT2D eigenvalue weighted by molar-refractivity contribution is 6.67. The van der Waals surface area contributed by atoms with Crippen LogP contribution in [0, 0.1) is 0 Å². The van der Waals surface area contributed by atoms with Gasteiger partial charge in [-0.05, 0) is 47.5 Å². The van der Waals surface area contributed by atoms with Crippen LogP contribution in [0.4, 0.5) is 0 Å². The largest absolute Gasteiger partial charge is 0.274 e. The minimum Gasteiger partial charge on any atom is -0.274 e. The lowest BCUT2D eigenvalue weighted by molar-refractivity contribution is 0.107. The van der Waals surface area contributed by atoms with Crippen molar-refractivity contribution in [3.05, 3.63) is 35.7 Å². The van der Waals surface area contributed by atoms with E-state index in [-0.39, 0.29) is 17.0 Å². The summed E-state index contributed by atoms with van der Waals surface area (Å²) in [7, 11) is 0. The smallest absolute Gasteiger partial charge is 0.270 e. The van der Waals surface area contributed by atoms with Crippen LogP contribution in [0.1, 0.15) is 21.0 Å². The molecule has 4 nitrogen and oxygen atoms in total. The molecule has 0 unspecified atom stereocenters. The molecule has 0 aliphatic carbocycles. The third-order valence-corrected chi connectivity index (χ3v) is 2.34. The second kappa shape index (κ2) is 4.15. The molecule has 0 aromatic carbocycles. The number of aromatic nitrogens is 2. The molecule has 6 heteroatoms. The molecule has 0 fully saturated rings. The van der Waals surface area contributed by atoms with E-state index in [4.69, 9.17) is 23.2 Å². The van der Waals surface area contributed by atoms with Gasteiger partial charge in [-0.25, -0.2) is 9.97 Å². The first-order valence-electron chi connectivity index (χ1n) is 4.25. The fourth-order valence-corrected chi connectivity index (χ4v) is 1.43. The summed E-state index contributed by atoms with van der Waals surface area (Å²) >= 11 is 10.6. The summed E-state index contributed by atoms with van der Waals surface area (Å²) in [6.45, 7) is 0. The number of fused-ring (bicyclic) bond motifs is 1. The van der Waals surface area contributed by atoms with E-state index in [2.05, 4.69) is 9.97 Å². The Morgan fingerprint density at radius 3 is 1.69 bits per heavy atom. The Labute approximate surface area is 100 Å². The third-order valence-electron chi connectivity index (χ3n) is 1.96. The van der Waals surface area contributed by atoms with Gasteiger partial charge in [0.2, 0.25) is 0 Å². The fourth-order valence-electron chi connectivity index (χ4n) is 1.22. The zero-order valence-corrected chi connectivity index (χ0v) is 9.29. The van der Waals surface area contributed by atoms with Crippen molar-refractivity contribution in [1.82, 2.24) is 9.97 Å². The molecule has 0 saturated carbocycles. The molecule has 0 bridgehead atoms. The van der Waals surface area contributed by atoms with Crippen LogP contribution in [0.15, 0.2) is 24.3 Å². The maximum absolute atomic E-state index is 10.9. The summed E-state index contributed by atoms with van der Waals surface area (Å²) in [4.78, 5) is 29.6. The number of rotatable bonds is 2. The molecule has 0 saturated heterocycles. The van der Waals surface area contributed by atoms with Gasteiger partial charge in [-0.15, -0.1) is 0 Å². The molecule has 2 rings (SSSR count). The molecule has 2 heterocycles. The standard InChI is InChI=1S/C10H4Cl2N2O2/c11-8(15)6-3-1-5-2-4-7(9(12)16)14-10(5)13-6/h1-4H. The van der Waals surface area contributed by atoms with E-state index in [1.54, 1.807) is 12.1 Å². The Morgan fingerprint density at radius 2 is 1.31 bits per heavy atom. The molecule has 0 N–H and O–H groups in total. The monoisotopic (exact) mass is 254 g/mol. The molecule has 2 aromatic heterocycles. The van der Waals surface area contributed by atoms with Crippen molar-refractivity contribution in [1.29, 1.82) is 0 Å². The fraction of sp³-hybridized carbons (Fsp3) is 0. The van der Waals surface area contributed by atoms with E-state index in [9.17, 15) is 9.59 Å². The summed E-state index contributed by atoms with van der Waals surface area (Å²) in [6, 6.07) is 6.27. The van der Waals surface area contributed by atoms with Gasteiger partial charge in [0.05, 0.1) is 0 Å². The van der Waals surface area contributed by atoms with Crippen molar-refractivity contribution < 1.29 is 9.59 Å². The van der Waals surface area contributed by atoms with Crippen molar-refractivity contribution in [2.24, 2.45) is 0 Å². The molecular formula is C10H4Cl2N2O2. The summed E-state index contributed by atoms with van der Waals surface area (Å²) in [5, 5.41) is -0.652. The van der Waals surface area contributed by atoms with Gasteiger partial charge in [-0.2, -0.15) is 0 Å². The SMILES string of the molecule is O=C(Cl)c1ccc2ccc(C(=O)Cl)nc2n1. The number of halogens is 2. The number of hydrogen-bond donors (Lipinski definition) is 0. The minimum absolute atomic E-state index is 0.0841. The highest BCUT2D eigenvalue weighted by Gasteiger charge is 2.08. The van der Waals surface area contributed by atoms with Gasteiger partial charge in [0.15, 0.2) is 5.65 Å². The predicted octanol–water partition coefficient (Wildman–Crippen LogP) is 2.39. The molecule has 0 atom stereocenters. The third kappa shape index (κ3) is 2.03. The van der Waals surface area contributed by atoms with E-state index in [0.717, 1.165) is 0 Å². The molecule has 0 aliphatic heterocycles. The Balaban J connectivity index is 2.65. The molecular weight excluding hydrogens is 251 g/mol. The first kappa shape index (κ1) is 11.0. The lowest BCUT2D eigenvalue weighted by atomic mass is 10.2. The molecule has 2 aromatic rings. The highest BCUT2D eigenvalue weighted by Crippen LogP contribution is 2.13. The van der Waals surface area contributed by atoms with Gasteiger partial charge in [-0.1, -0.05) is 0 Å². The number of carbonyl (C=O) groups excluding carboxylic acids is 2. The van der Waals surface area contributed by atoms with E-state index in [0.29, 0.717) is 5.39 Å². The molecule has 0 radical (unpaired) electrons. The molecule has 0 spiro atoms. The summed E-state index contributed by atoms with van der Waals surface area (Å²) < 4.78 is 0. The second-order valence-electron chi connectivity index (χ2n) is 2.99. The Bertz CT molecular complexity index is 550. The van der Waals surface area contributed by atoms with Crippen LogP contribution in [0.5, 0.6) is 0 Å². The van der Waals surface area contributed by atoms with E-state index >= 15 is 0 Å².